The van der Waals surface area contributed by atoms with Gasteiger partial charge in [0.2, 0.25) is 0 Å². The Hall–Kier alpha value is -8.15. The highest BCUT2D eigenvalue weighted by atomic mass is 15.0. The largest absolute Gasteiger partial charge is 0.309 e. The molecule has 12 aromatic rings. The fraction of sp³-hybridized carbons (Fsp3) is 0. The van der Waals surface area contributed by atoms with Crippen LogP contribution in [0.4, 0.5) is 0 Å². The first-order chi connectivity index (χ1) is 29.7. The lowest BCUT2D eigenvalue weighted by molar-refractivity contribution is 1.08. The Morgan fingerprint density at radius 2 is 0.767 bits per heavy atom. The fourth-order valence-electron chi connectivity index (χ4n) is 8.95. The van der Waals surface area contributed by atoms with E-state index < -0.39 is 0 Å². The van der Waals surface area contributed by atoms with E-state index in [-0.39, 0.29) is 0 Å². The van der Waals surface area contributed by atoms with Crippen molar-refractivity contribution in [2.45, 2.75) is 0 Å². The summed E-state index contributed by atoms with van der Waals surface area (Å²) in [5, 5.41) is 7.26. The van der Waals surface area contributed by atoms with Crippen molar-refractivity contribution in [2.24, 2.45) is 0 Å². The first kappa shape index (κ1) is 33.9. The molecule has 5 heteroatoms. The molecule has 12 rings (SSSR count). The molecule has 0 saturated carbocycles. The van der Waals surface area contributed by atoms with E-state index in [0.717, 1.165) is 61.0 Å². The molecular weight excluding hydrogens is 731 g/mol. The van der Waals surface area contributed by atoms with Crippen molar-refractivity contribution < 1.29 is 0 Å². The van der Waals surface area contributed by atoms with Gasteiger partial charge in [0.05, 0.1) is 22.1 Å². The van der Waals surface area contributed by atoms with E-state index in [1.165, 1.54) is 32.6 Å². The van der Waals surface area contributed by atoms with Gasteiger partial charge in [-0.2, -0.15) is 0 Å². The molecule has 0 atom stereocenters. The van der Waals surface area contributed by atoms with Crippen LogP contribution in [0.2, 0.25) is 0 Å². The number of para-hydroxylation sites is 3. The number of aromatic nitrogens is 5. The lowest BCUT2D eigenvalue weighted by atomic mass is 10.0. The number of hydrogen-bond acceptors (Lipinski definition) is 3. The van der Waals surface area contributed by atoms with Crippen molar-refractivity contribution in [3.63, 3.8) is 0 Å². The maximum absolute atomic E-state index is 5.22. The third kappa shape index (κ3) is 5.52. The van der Waals surface area contributed by atoms with Gasteiger partial charge in [0.25, 0.3) is 0 Å². The summed E-state index contributed by atoms with van der Waals surface area (Å²) in [7, 11) is 0. The molecule has 0 radical (unpaired) electrons. The smallest absolute Gasteiger partial charge is 0.164 e. The minimum Gasteiger partial charge on any atom is -0.309 e. The summed E-state index contributed by atoms with van der Waals surface area (Å²) in [6.07, 6.45) is 0. The Labute approximate surface area is 346 Å². The Kier molecular flexibility index (Phi) is 7.78. The quantitative estimate of drug-likeness (QED) is 0.169. The van der Waals surface area contributed by atoms with E-state index in [9.17, 15) is 0 Å². The van der Waals surface area contributed by atoms with Crippen molar-refractivity contribution >= 4 is 54.4 Å². The highest BCUT2D eigenvalue weighted by molar-refractivity contribution is 6.16. The van der Waals surface area contributed by atoms with Gasteiger partial charge in [-0.05, 0) is 76.5 Å². The molecule has 5 nitrogen and oxygen atoms in total. The summed E-state index contributed by atoms with van der Waals surface area (Å²) in [5.74, 6) is 1.90. The predicted octanol–water partition coefficient (Wildman–Crippen LogP) is 13.9. The summed E-state index contributed by atoms with van der Waals surface area (Å²) in [6.45, 7) is 0. The van der Waals surface area contributed by atoms with Crippen LogP contribution in [-0.2, 0) is 0 Å². The Morgan fingerprint density at radius 1 is 0.283 bits per heavy atom. The zero-order valence-electron chi connectivity index (χ0n) is 32.4. The van der Waals surface area contributed by atoms with Gasteiger partial charge in [-0.25, -0.2) is 15.0 Å². The number of hydrogen-bond donors (Lipinski definition) is 0. The van der Waals surface area contributed by atoms with Gasteiger partial charge in [-0.15, -0.1) is 0 Å². The van der Waals surface area contributed by atoms with E-state index >= 15 is 0 Å². The minimum absolute atomic E-state index is 0.628. The zero-order valence-corrected chi connectivity index (χ0v) is 32.4. The summed E-state index contributed by atoms with van der Waals surface area (Å²) in [5.41, 5.74) is 12.0. The van der Waals surface area contributed by atoms with Crippen LogP contribution in [0.15, 0.2) is 212 Å². The molecule has 0 bridgehead atoms. The molecule has 3 aromatic heterocycles. The topological polar surface area (TPSA) is 48.5 Å². The average molecular weight is 766 g/mol. The monoisotopic (exact) mass is 765 g/mol. The molecule has 60 heavy (non-hydrogen) atoms. The maximum atomic E-state index is 5.22. The van der Waals surface area contributed by atoms with Crippen molar-refractivity contribution in [1.82, 2.24) is 24.1 Å². The summed E-state index contributed by atoms with van der Waals surface area (Å²) >= 11 is 0. The Balaban J connectivity index is 0.946. The van der Waals surface area contributed by atoms with Crippen molar-refractivity contribution in [1.29, 1.82) is 0 Å². The summed E-state index contributed by atoms with van der Waals surface area (Å²) in [4.78, 5) is 15.4. The lowest BCUT2D eigenvalue weighted by Gasteiger charge is -2.11. The summed E-state index contributed by atoms with van der Waals surface area (Å²) in [6, 6.07) is 75.1. The third-order valence-corrected chi connectivity index (χ3v) is 11.8. The number of nitrogens with zero attached hydrogens (tertiary/aromatic N) is 5. The van der Waals surface area contributed by atoms with Gasteiger partial charge in [0.1, 0.15) is 0 Å². The van der Waals surface area contributed by atoms with E-state index in [2.05, 4.69) is 203 Å². The normalized spacial score (nSPS) is 11.7. The molecule has 3 heterocycles. The third-order valence-electron chi connectivity index (χ3n) is 11.8. The van der Waals surface area contributed by atoms with Crippen LogP contribution < -0.4 is 0 Å². The van der Waals surface area contributed by atoms with Gasteiger partial charge in [-0.1, -0.05) is 158 Å². The predicted molar refractivity (Wildman–Crippen MR) is 248 cm³/mol. The number of benzene rings is 9. The van der Waals surface area contributed by atoms with Gasteiger partial charge in [0.15, 0.2) is 17.5 Å². The highest BCUT2D eigenvalue weighted by Crippen LogP contribution is 2.39. The standard InChI is InChI=1S/C55H35N5/c1-3-14-38(15-4-1)53-56-54(58-55(57-53)46-22-13-25-50-52(46)45-21-10-12-24-49(45)59(50)42-18-5-2-6-19-42)39-28-26-36(27-29-39)37-30-32-43(33-31-37)60-48-23-11-9-20-44(48)47-34-40-16-7-8-17-41(40)35-51(47)60/h1-35H. The van der Waals surface area contributed by atoms with Crippen LogP contribution in [0, 0.1) is 0 Å². The second kappa shape index (κ2) is 13.8. The van der Waals surface area contributed by atoms with Gasteiger partial charge in [-0.3, -0.25) is 0 Å². The Bertz CT molecular complexity index is 3570. The fourth-order valence-corrected chi connectivity index (χ4v) is 8.95. The van der Waals surface area contributed by atoms with E-state index in [0.29, 0.717) is 17.5 Å². The molecule has 0 unspecified atom stereocenters. The second-order valence-corrected chi connectivity index (χ2v) is 15.3. The molecule has 0 aliphatic carbocycles. The Morgan fingerprint density at radius 3 is 1.48 bits per heavy atom. The van der Waals surface area contributed by atoms with Crippen LogP contribution in [0.25, 0.3) is 111 Å². The van der Waals surface area contributed by atoms with Crippen molar-refractivity contribution in [3.8, 4) is 56.7 Å². The van der Waals surface area contributed by atoms with E-state index in [1.807, 2.05) is 18.2 Å². The molecule has 0 N–H and O–H groups in total. The average Bonchev–Trinajstić information content (AvgIpc) is 3.84. The first-order valence-corrected chi connectivity index (χ1v) is 20.3. The molecule has 0 fully saturated rings. The number of fused-ring (bicyclic) bond motifs is 7. The van der Waals surface area contributed by atoms with Crippen LogP contribution in [0.5, 0.6) is 0 Å². The minimum atomic E-state index is 0.628. The van der Waals surface area contributed by atoms with Crippen molar-refractivity contribution in [2.75, 3.05) is 0 Å². The van der Waals surface area contributed by atoms with Crippen LogP contribution in [0.1, 0.15) is 0 Å². The first-order valence-electron chi connectivity index (χ1n) is 20.3. The highest BCUT2D eigenvalue weighted by Gasteiger charge is 2.20. The SMILES string of the molecule is c1ccc(-c2nc(-c3ccc(-c4ccc(-n5c6ccccc6c6cc7ccccc7cc65)cc4)cc3)nc(-c3cccc4c3c3ccccc3n4-c3ccccc3)n2)cc1. The van der Waals surface area contributed by atoms with Crippen molar-refractivity contribution in [3.05, 3.63) is 212 Å². The van der Waals surface area contributed by atoms with E-state index in [4.69, 9.17) is 15.0 Å². The van der Waals surface area contributed by atoms with Gasteiger partial charge < -0.3 is 9.13 Å². The number of rotatable bonds is 6. The van der Waals surface area contributed by atoms with Crippen LogP contribution in [0.3, 0.4) is 0 Å². The molecule has 0 saturated heterocycles. The molecule has 0 aliphatic rings. The van der Waals surface area contributed by atoms with Gasteiger partial charge >= 0.3 is 0 Å². The second-order valence-electron chi connectivity index (χ2n) is 15.3. The molecule has 0 aliphatic heterocycles. The van der Waals surface area contributed by atoms with Crippen LogP contribution in [-0.4, -0.2) is 24.1 Å². The van der Waals surface area contributed by atoms with E-state index in [1.54, 1.807) is 0 Å². The molecule has 9 aromatic carbocycles. The van der Waals surface area contributed by atoms with Crippen LogP contribution >= 0.6 is 0 Å². The molecule has 0 amide bonds. The summed E-state index contributed by atoms with van der Waals surface area (Å²) < 4.78 is 4.71. The molecular formula is C55H35N5. The van der Waals surface area contributed by atoms with Gasteiger partial charge in [0, 0.05) is 49.6 Å². The maximum Gasteiger partial charge on any atom is 0.164 e. The zero-order chi connectivity index (χ0) is 39.6. The lowest BCUT2D eigenvalue weighted by Crippen LogP contribution is -2.00. The molecule has 0 spiro atoms. The molecule has 280 valence electrons.